The Morgan fingerprint density at radius 2 is 2.18 bits per heavy atom. The number of nitrogens with one attached hydrogen (secondary N) is 1. The van der Waals surface area contributed by atoms with Crippen molar-refractivity contribution >= 4 is 11.6 Å². The highest BCUT2D eigenvalue weighted by Crippen LogP contribution is 2.12. The summed E-state index contributed by atoms with van der Waals surface area (Å²) in [4.78, 5) is 15.3. The van der Waals surface area contributed by atoms with Crippen molar-refractivity contribution in [1.82, 2.24) is 9.55 Å². The summed E-state index contributed by atoms with van der Waals surface area (Å²) in [5, 5.41) is 2.45. The molecule has 2 aromatic rings. The van der Waals surface area contributed by atoms with E-state index < -0.39 is 11.6 Å². The van der Waals surface area contributed by atoms with Gasteiger partial charge in [0, 0.05) is 24.1 Å². The molecule has 2 rings (SSSR count). The molecule has 17 heavy (non-hydrogen) atoms. The van der Waals surface area contributed by atoms with Crippen LogP contribution in [-0.4, -0.2) is 15.5 Å². The van der Waals surface area contributed by atoms with Gasteiger partial charge in [0.15, 0.2) is 11.6 Å². The summed E-state index contributed by atoms with van der Waals surface area (Å²) in [5.41, 5.74) is 0.217. The fraction of sp³-hybridized carbons (Fsp3) is 0.0909. The fourth-order valence-corrected chi connectivity index (χ4v) is 1.32. The Bertz CT molecular complexity index is 526. The Balaban J connectivity index is 2.00. The van der Waals surface area contributed by atoms with E-state index >= 15 is 0 Å². The molecule has 4 nitrogen and oxygen atoms in total. The lowest BCUT2D eigenvalue weighted by Gasteiger charge is -2.05. The number of imidazole rings is 1. The van der Waals surface area contributed by atoms with Crippen LogP contribution in [0.1, 0.15) is 0 Å². The summed E-state index contributed by atoms with van der Waals surface area (Å²) in [6, 6.07) is 3.19. The molecular formula is C11H9F2N3O. The molecule has 0 radical (unpaired) electrons. The summed E-state index contributed by atoms with van der Waals surface area (Å²) in [6.07, 6.45) is 4.67. The van der Waals surface area contributed by atoms with Crippen molar-refractivity contribution in [2.24, 2.45) is 0 Å². The van der Waals surface area contributed by atoms with E-state index in [0.29, 0.717) is 0 Å². The first kappa shape index (κ1) is 11.3. The van der Waals surface area contributed by atoms with Gasteiger partial charge in [-0.2, -0.15) is 0 Å². The normalized spacial score (nSPS) is 10.2. The van der Waals surface area contributed by atoms with Crippen LogP contribution >= 0.6 is 0 Å². The van der Waals surface area contributed by atoms with Crippen molar-refractivity contribution in [2.75, 3.05) is 5.32 Å². The number of amides is 1. The zero-order chi connectivity index (χ0) is 12.3. The van der Waals surface area contributed by atoms with Crippen LogP contribution in [0, 0.1) is 11.6 Å². The van der Waals surface area contributed by atoms with Crippen molar-refractivity contribution in [3.8, 4) is 0 Å². The zero-order valence-corrected chi connectivity index (χ0v) is 8.73. The number of hydrogen-bond acceptors (Lipinski definition) is 2. The van der Waals surface area contributed by atoms with Crippen LogP contribution < -0.4 is 5.32 Å². The molecule has 1 aromatic carbocycles. The summed E-state index contributed by atoms with van der Waals surface area (Å²) in [5.74, 6) is -2.28. The molecule has 0 spiro atoms. The minimum atomic E-state index is -0.995. The molecule has 0 aliphatic heterocycles. The zero-order valence-electron chi connectivity index (χ0n) is 8.73. The van der Waals surface area contributed by atoms with E-state index in [2.05, 4.69) is 10.3 Å². The van der Waals surface area contributed by atoms with Gasteiger partial charge in [-0.1, -0.05) is 0 Å². The van der Waals surface area contributed by atoms with Gasteiger partial charge in [0.2, 0.25) is 5.91 Å². The van der Waals surface area contributed by atoms with Crippen LogP contribution in [0.5, 0.6) is 0 Å². The van der Waals surface area contributed by atoms with Gasteiger partial charge < -0.3 is 9.88 Å². The Morgan fingerprint density at radius 3 is 2.82 bits per heavy atom. The SMILES string of the molecule is O=C(Cn1ccnc1)Nc1ccc(F)c(F)c1. The number of benzene rings is 1. The van der Waals surface area contributed by atoms with Crippen LogP contribution in [0.4, 0.5) is 14.5 Å². The molecule has 88 valence electrons. The predicted octanol–water partition coefficient (Wildman–Crippen LogP) is 1.80. The molecule has 0 fully saturated rings. The largest absolute Gasteiger partial charge is 0.328 e. The van der Waals surface area contributed by atoms with E-state index in [1.807, 2.05) is 0 Å². The van der Waals surface area contributed by atoms with Gasteiger partial charge in [0.1, 0.15) is 6.54 Å². The first-order chi connectivity index (χ1) is 8.15. The maximum atomic E-state index is 12.9. The maximum Gasteiger partial charge on any atom is 0.244 e. The molecule has 1 heterocycles. The topological polar surface area (TPSA) is 46.9 Å². The number of carbonyl (C=O) groups excluding carboxylic acids is 1. The number of aromatic nitrogens is 2. The molecule has 0 atom stereocenters. The molecule has 0 saturated heterocycles. The van der Waals surface area contributed by atoms with Crippen LogP contribution in [0.15, 0.2) is 36.9 Å². The third-order valence-electron chi connectivity index (χ3n) is 2.09. The van der Waals surface area contributed by atoms with Crippen molar-refractivity contribution in [3.05, 3.63) is 48.6 Å². The maximum absolute atomic E-state index is 12.9. The van der Waals surface area contributed by atoms with Gasteiger partial charge in [0.05, 0.1) is 6.33 Å². The second kappa shape index (κ2) is 4.73. The number of anilines is 1. The Hall–Kier alpha value is -2.24. The van der Waals surface area contributed by atoms with Crippen LogP contribution in [0.25, 0.3) is 0 Å². The minimum absolute atomic E-state index is 0.0684. The predicted molar refractivity (Wildman–Crippen MR) is 57.2 cm³/mol. The number of nitrogens with zero attached hydrogens (tertiary/aromatic N) is 2. The van der Waals surface area contributed by atoms with Gasteiger partial charge in [0.25, 0.3) is 0 Å². The van der Waals surface area contributed by atoms with Crippen molar-refractivity contribution in [3.63, 3.8) is 0 Å². The van der Waals surface area contributed by atoms with Crippen LogP contribution in [-0.2, 0) is 11.3 Å². The molecule has 0 bridgehead atoms. The number of hydrogen-bond donors (Lipinski definition) is 1. The van der Waals surface area contributed by atoms with Gasteiger partial charge in [-0.05, 0) is 12.1 Å². The highest BCUT2D eigenvalue weighted by atomic mass is 19.2. The molecule has 1 aromatic heterocycles. The van der Waals surface area contributed by atoms with Crippen LogP contribution in [0.3, 0.4) is 0 Å². The quantitative estimate of drug-likeness (QED) is 0.884. The average Bonchev–Trinajstić information content (AvgIpc) is 2.76. The fourth-order valence-electron chi connectivity index (χ4n) is 1.32. The van der Waals surface area contributed by atoms with E-state index in [1.54, 1.807) is 17.0 Å². The van der Waals surface area contributed by atoms with Gasteiger partial charge >= 0.3 is 0 Å². The Kier molecular flexibility index (Phi) is 3.13. The number of rotatable bonds is 3. The van der Waals surface area contributed by atoms with E-state index in [9.17, 15) is 13.6 Å². The third-order valence-corrected chi connectivity index (χ3v) is 2.09. The van der Waals surface area contributed by atoms with E-state index in [1.165, 1.54) is 12.4 Å². The Morgan fingerprint density at radius 1 is 1.35 bits per heavy atom. The Labute approximate surface area is 95.9 Å². The first-order valence-electron chi connectivity index (χ1n) is 4.86. The first-order valence-corrected chi connectivity index (χ1v) is 4.86. The minimum Gasteiger partial charge on any atom is -0.328 e. The standard InChI is InChI=1S/C11H9F2N3O/c12-9-2-1-8(5-10(9)13)15-11(17)6-16-4-3-14-7-16/h1-5,7H,6H2,(H,15,17). The van der Waals surface area contributed by atoms with E-state index in [-0.39, 0.29) is 18.1 Å². The second-order valence-corrected chi connectivity index (χ2v) is 3.41. The molecule has 0 aliphatic carbocycles. The van der Waals surface area contributed by atoms with E-state index in [0.717, 1.165) is 12.1 Å². The summed E-state index contributed by atoms with van der Waals surface area (Å²) >= 11 is 0. The number of carbonyl (C=O) groups is 1. The summed E-state index contributed by atoms with van der Waals surface area (Å²) in [6.45, 7) is 0.0684. The highest BCUT2D eigenvalue weighted by molar-refractivity contribution is 5.90. The van der Waals surface area contributed by atoms with E-state index in [4.69, 9.17) is 0 Å². The highest BCUT2D eigenvalue weighted by Gasteiger charge is 2.06. The molecule has 0 saturated carbocycles. The average molecular weight is 237 g/mol. The lowest BCUT2D eigenvalue weighted by Crippen LogP contribution is -2.18. The monoisotopic (exact) mass is 237 g/mol. The molecule has 0 aliphatic rings. The number of halogens is 2. The lowest BCUT2D eigenvalue weighted by molar-refractivity contribution is -0.116. The molecule has 1 amide bonds. The molecule has 6 heteroatoms. The van der Waals surface area contributed by atoms with Crippen molar-refractivity contribution < 1.29 is 13.6 Å². The van der Waals surface area contributed by atoms with Gasteiger partial charge in [-0.25, -0.2) is 13.8 Å². The molecular weight excluding hydrogens is 228 g/mol. The third kappa shape index (κ3) is 2.87. The molecule has 1 N–H and O–H groups in total. The van der Waals surface area contributed by atoms with Crippen LogP contribution in [0.2, 0.25) is 0 Å². The molecule has 0 unspecified atom stereocenters. The van der Waals surface area contributed by atoms with Crippen molar-refractivity contribution in [2.45, 2.75) is 6.54 Å². The van der Waals surface area contributed by atoms with Crippen molar-refractivity contribution in [1.29, 1.82) is 0 Å². The summed E-state index contributed by atoms with van der Waals surface area (Å²) < 4.78 is 27.1. The summed E-state index contributed by atoms with van der Waals surface area (Å²) in [7, 11) is 0. The van der Waals surface area contributed by atoms with Gasteiger partial charge in [-0.15, -0.1) is 0 Å². The second-order valence-electron chi connectivity index (χ2n) is 3.41. The van der Waals surface area contributed by atoms with Gasteiger partial charge in [-0.3, -0.25) is 4.79 Å². The lowest BCUT2D eigenvalue weighted by atomic mass is 10.3. The smallest absolute Gasteiger partial charge is 0.244 e.